The third-order valence-corrected chi connectivity index (χ3v) is 38.0. The van der Waals surface area contributed by atoms with Crippen LogP contribution in [0.3, 0.4) is 0 Å². The zero-order valence-corrected chi connectivity index (χ0v) is 92.0. The average molecular weight is 1940 g/mol. The molecule has 764 valence electrons. The van der Waals surface area contributed by atoms with Crippen LogP contribution in [0.15, 0.2) is 213 Å². The Bertz CT molecular complexity index is 7110. The molecule has 0 saturated heterocycles. The van der Waals surface area contributed by atoms with Crippen LogP contribution in [0.4, 0.5) is 17.1 Å². The Kier molecular flexibility index (Phi) is 30.8. The number of hydrogen-bond donors (Lipinski definition) is 0. The van der Waals surface area contributed by atoms with Crippen LogP contribution in [0.5, 0.6) is 0 Å². The molecule has 0 bridgehead atoms. The second-order valence-corrected chi connectivity index (χ2v) is 48.0. The molecule has 0 fully saturated rings. The summed E-state index contributed by atoms with van der Waals surface area (Å²) in [7, 11) is 0. The highest BCUT2D eigenvalue weighted by atomic mass is 16.3. The maximum Gasteiger partial charge on any atom is 0.144 e. The van der Waals surface area contributed by atoms with E-state index in [2.05, 4.69) is 288 Å². The number of rotatable bonds is 55. The number of unbranched alkanes of at least 4 members (excludes halogenated alkanes) is 36. The van der Waals surface area contributed by atoms with E-state index in [0.717, 1.165) is 59.2 Å². The molecule has 0 spiro atoms. The van der Waals surface area contributed by atoms with Gasteiger partial charge in [-0.25, -0.2) is 0 Å². The highest BCUT2D eigenvalue weighted by molar-refractivity contribution is 6.22. The van der Waals surface area contributed by atoms with Gasteiger partial charge in [-0.3, -0.25) is 0 Å². The highest BCUT2D eigenvalue weighted by Gasteiger charge is 2.56. The van der Waals surface area contributed by atoms with Gasteiger partial charge in [-0.05, 0) is 270 Å². The van der Waals surface area contributed by atoms with E-state index in [1.807, 2.05) is 0 Å². The molecular formula is C142H173NO3. The van der Waals surface area contributed by atoms with Crippen molar-refractivity contribution in [3.05, 3.63) is 267 Å². The third-order valence-electron chi connectivity index (χ3n) is 38.0. The van der Waals surface area contributed by atoms with Crippen LogP contribution in [-0.2, 0) is 32.5 Å². The zero-order chi connectivity index (χ0) is 100. The van der Waals surface area contributed by atoms with Crippen molar-refractivity contribution in [1.82, 2.24) is 0 Å². The number of fused-ring (bicyclic) bond motifs is 32. The molecule has 146 heavy (non-hydrogen) atoms. The molecule has 12 aromatic carbocycles. The summed E-state index contributed by atoms with van der Waals surface area (Å²) in [5, 5.41) is 7.67. The first-order valence-corrected chi connectivity index (χ1v) is 60.3. The van der Waals surface area contributed by atoms with Crippen LogP contribution >= 0.6 is 0 Å². The van der Waals surface area contributed by atoms with Crippen LogP contribution in [0.1, 0.15) is 484 Å². The van der Waals surface area contributed by atoms with Gasteiger partial charge in [0.25, 0.3) is 0 Å². The first-order valence-electron chi connectivity index (χ1n) is 60.3. The summed E-state index contributed by atoms with van der Waals surface area (Å²) in [6.07, 6.45) is 64.8. The van der Waals surface area contributed by atoms with Gasteiger partial charge in [-0.1, -0.05) is 475 Å². The Morgan fingerprint density at radius 3 is 0.952 bits per heavy atom. The third kappa shape index (κ3) is 17.9. The summed E-state index contributed by atoms with van der Waals surface area (Å²) in [6, 6.07) is 82.5. The van der Waals surface area contributed by atoms with Gasteiger partial charge in [-0.15, -0.1) is 0 Å². The molecule has 21 rings (SSSR count). The van der Waals surface area contributed by atoms with E-state index < -0.39 is 0 Å². The van der Waals surface area contributed by atoms with Crippen LogP contribution in [0.2, 0.25) is 0 Å². The SMILES string of the molecule is CCCCCCCCC1(CCCCCCCC)c2cc(N(c3ccc4c(c3)C(C)(C)c3cc5c(cc3-4)C(C)(C)c3ccc4oc6ccccc6c4c3-5)c3ccc4c(c3)C(CCCCCCC)(CCCCCCC)c3c5c(c6c(oc7ccccc76)c3-4)-c3ccccc3C5(CCCCCCC)CCCCCCC)ccc2-c2cc3c(cc21)-c1c(ccc2oc4ccccc4c12)C3(CCCCCCCC)CCCCCCCC. The molecule has 0 unspecified atom stereocenters. The van der Waals surface area contributed by atoms with E-state index in [1.165, 1.54) is 447 Å². The van der Waals surface area contributed by atoms with Crippen LogP contribution in [0.25, 0.3) is 133 Å². The van der Waals surface area contributed by atoms with E-state index in [-0.39, 0.29) is 32.5 Å². The molecule has 6 aliphatic carbocycles. The first-order chi connectivity index (χ1) is 71.6. The molecule has 4 heteroatoms. The van der Waals surface area contributed by atoms with Gasteiger partial charge in [-0.2, -0.15) is 0 Å². The number of para-hydroxylation sites is 3. The molecule has 3 aromatic heterocycles. The fourth-order valence-electron chi connectivity index (χ4n) is 30.4. The normalized spacial score (nSPS) is 15.4. The van der Waals surface area contributed by atoms with Crippen molar-refractivity contribution in [2.24, 2.45) is 0 Å². The predicted molar refractivity (Wildman–Crippen MR) is 628 cm³/mol. The van der Waals surface area contributed by atoms with Crippen molar-refractivity contribution in [2.45, 2.75) is 449 Å². The van der Waals surface area contributed by atoms with Crippen LogP contribution in [-0.4, -0.2) is 0 Å². The van der Waals surface area contributed by atoms with Gasteiger partial charge in [0.1, 0.15) is 33.5 Å². The number of benzene rings is 12. The van der Waals surface area contributed by atoms with Gasteiger partial charge in [0, 0.05) is 87.4 Å². The van der Waals surface area contributed by atoms with Crippen molar-refractivity contribution < 1.29 is 13.3 Å². The number of hydrogen-bond acceptors (Lipinski definition) is 4. The topological polar surface area (TPSA) is 42.7 Å². The van der Waals surface area contributed by atoms with Crippen molar-refractivity contribution in [2.75, 3.05) is 4.90 Å². The lowest BCUT2D eigenvalue weighted by atomic mass is 9.62. The molecule has 0 aliphatic heterocycles. The van der Waals surface area contributed by atoms with Crippen LogP contribution in [0, 0.1) is 0 Å². The molecule has 0 radical (unpaired) electrons. The lowest BCUT2D eigenvalue weighted by Gasteiger charge is -2.40. The summed E-state index contributed by atoms with van der Waals surface area (Å²) in [5.41, 5.74) is 44.0. The van der Waals surface area contributed by atoms with Gasteiger partial charge >= 0.3 is 0 Å². The smallest absolute Gasteiger partial charge is 0.144 e. The molecule has 6 aliphatic rings. The predicted octanol–water partition coefficient (Wildman–Crippen LogP) is 45.0. The van der Waals surface area contributed by atoms with E-state index in [0.29, 0.717) is 0 Å². The molecule has 4 nitrogen and oxygen atoms in total. The lowest BCUT2D eigenvalue weighted by Crippen LogP contribution is -2.33. The summed E-state index contributed by atoms with van der Waals surface area (Å²) in [6.45, 7) is 29.3. The Morgan fingerprint density at radius 1 is 0.192 bits per heavy atom. The number of anilines is 3. The standard InChI is InChI=1S/C142H173NO3/c1-13-21-29-37-45-57-83-139(84-58-46-38-30-22-14-2)114-80-82-126-130(106-67-51-55-71-123(106)145-126)128(114)111-97-120-109(95-121(111)139)102-77-74-99(92-118(102)140(120,85-59-47-39-31-23-15-3)86-60-48-40-32-24-16-4)143(98-73-76-101-108-94-117-110(96-116(108)138(11,12)115(101)91-98)127-113(137(117,9)10)79-81-125-129(127)105-66-50-54-70-122(105)144-125)100-75-78-104-119(93-100)142(89-63-43-35-27-19-7,90-64-44-36-28-20-8)135-133(104)136-132(107-68-52-56-72-124(107)146-136)131-103-65-49-53-69-112(103)141(134(131)135,87-61-41-33-25-17-5)88-62-42-34-26-18-6/h49-56,65-82,91-97H,13-48,57-64,83-90H2,1-12H3. The molecule has 3 heterocycles. The second kappa shape index (κ2) is 44.2. The van der Waals surface area contributed by atoms with Gasteiger partial charge in [0.05, 0.1) is 0 Å². The van der Waals surface area contributed by atoms with E-state index in [1.54, 1.807) is 44.5 Å². The average Bonchev–Trinajstić information content (AvgIpc) is 1.49. The molecular weight excluding hydrogens is 1770 g/mol. The summed E-state index contributed by atoms with van der Waals surface area (Å²) < 4.78 is 21.9. The van der Waals surface area contributed by atoms with Crippen molar-refractivity contribution in [3.63, 3.8) is 0 Å². The summed E-state index contributed by atoms with van der Waals surface area (Å²) >= 11 is 0. The molecule has 0 N–H and O–H groups in total. The van der Waals surface area contributed by atoms with E-state index in [9.17, 15) is 0 Å². The highest BCUT2D eigenvalue weighted by Crippen LogP contribution is 2.70. The first kappa shape index (κ1) is 102. The monoisotopic (exact) mass is 1940 g/mol. The van der Waals surface area contributed by atoms with E-state index in [4.69, 9.17) is 13.3 Å². The molecule has 15 aromatic rings. The Labute approximate surface area is 878 Å². The maximum absolute atomic E-state index is 7.94. The summed E-state index contributed by atoms with van der Waals surface area (Å²) in [4.78, 5) is 2.87. The fraction of sp³-hybridized carbons (Fsp3) is 0.493. The molecule has 0 atom stereocenters. The Hall–Kier alpha value is -10.2. The minimum atomic E-state index is -0.366. The Balaban J connectivity index is 0.825. The maximum atomic E-state index is 7.94. The molecule has 0 saturated carbocycles. The van der Waals surface area contributed by atoms with Crippen molar-refractivity contribution in [1.29, 1.82) is 0 Å². The summed E-state index contributed by atoms with van der Waals surface area (Å²) in [5.74, 6) is 0. The quantitative estimate of drug-likeness (QED) is 0.0356. The lowest BCUT2D eigenvalue weighted by molar-refractivity contribution is 0.369. The van der Waals surface area contributed by atoms with Gasteiger partial charge in [0.15, 0.2) is 0 Å². The van der Waals surface area contributed by atoms with Crippen molar-refractivity contribution in [3.8, 4) is 66.8 Å². The Morgan fingerprint density at radius 2 is 0.479 bits per heavy atom. The number of furan rings is 3. The largest absolute Gasteiger partial charge is 0.456 e. The molecule has 0 amide bonds. The van der Waals surface area contributed by atoms with Gasteiger partial charge in [0.2, 0.25) is 0 Å². The minimum absolute atomic E-state index is 0.150. The van der Waals surface area contributed by atoms with Gasteiger partial charge < -0.3 is 18.2 Å². The number of nitrogens with zero attached hydrogens (tertiary/aromatic N) is 1. The minimum Gasteiger partial charge on any atom is -0.456 e. The van der Waals surface area contributed by atoms with Crippen molar-refractivity contribution >= 4 is 82.9 Å². The van der Waals surface area contributed by atoms with E-state index >= 15 is 0 Å². The second-order valence-electron chi connectivity index (χ2n) is 48.0. The zero-order valence-electron chi connectivity index (χ0n) is 92.0. The van der Waals surface area contributed by atoms with Crippen LogP contribution < -0.4 is 4.90 Å². The fourth-order valence-corrected chi connectivity index (χ4v) is 30.4.